The molecule has 0 aliphatic rings. The number of benzene rings is 2. The van der Waals surface area contributed by atoms with E-state index >= 15 is 0 Å². The molecule has 0 N–H and O–H groups in total. The first-order valence-electron chi connectivity index (χ1n) is 6.25. The van der Waals surface area contributed by atoms with Crippen LogP contribution in [0.4, 0.5) is 10.1 Å². The summed E-state index contributed by atoms with van der Waals surface area (Å²) in [5, 5.41) is 11.1. The Hall–Kier alpha value is -2.28. The summed E-state index contributed by atoms with van der Waals surface area (Å²) in [6.45, 7) is 1.43. The quantitative estimate of drug-likeness (QED) is 0.462. The van der Waals surface area contributed by atoms with Gasteiger partial charge >= 0.3 is 5.97 Å². The number of nitro benzene ring substituents is 1. The van der Waals surface area contributed by atoms with Crippen LogP contribution in [-0.2, 0) is 11.3 Å². The van der Waals surface area contributed by atoms with Crippen molar-refractivity contribution in [2.24, 2.45) is 0 Å². The van der Waals surface area contributed by atoms with Crippen LogP contribution in [0.15, 0.2) is 40.9 Å². The fourth-order valence-corrected chi connectivity index (χ4v) is 2.39. The van der Waals surface area contributed by atoms with Crippen LogP contribution in [0.5, 0.6) is 0 Å². The first-order chi connectivity index (χ1) is 10.4. The number of ether oxygens (including phenoxy) is 1. The average molecular weight is 368 g/mol. The Morgan fingerprint density at radius 1 is 1.36 bits per heavy atom. The van der Waals surface area contributed by atoms with E-state index in [2.05, 4.69) is 15.9 Å². The zero-order valence-electron chi connectivity index (χ0n) is 11.5. The molecule has 0 fully saturated rings. The van der Waals surface area contributed by atoms with E-state index in [0.29, 0.717) is 15.6 Å². The van der Waals surface area contributed by atoms with Crippen LogP contribution >= 0.6 is 15.9 Å². The molecule has 22 heavy (non-hydrogen) atoms. The van der Waals surface area contributed by atoms with E-state index in [1.165, 1.54) is 24.3 Å². The zero-order valence-corrected chi connectivity index (χ0v) is 13.1. The molecule has 0 saturated carbocycles. The first-order valence-corrected chi connectivity index (χ1v) is 7.04. The summed E-state index contributed by atoms with van der Waals surface area (Å²) < 4.78 is 18.5. The van der Waals surface area contributed by atoms with Gasteiger partial charge in [-0.25, -0.2) is 9.18 Å². The summed E-state index contributed by atoms with van der Waals surface area (Å²) in [6.07, 6.45) is 0. The van der Waals surface area contributed by atoms with Crippen LogP contribution in [0.3, 0.4) is 0 Å². The van der Waals surface area contributed by atoms with Gasteiger partial charge in [0.25, 0.3) is 5.69 Å². The molecule has 0 amide bonds. The normalized spacial score (nSPS) is 10.3. The minimum Gasteiger partial charge on any atom is -0.457 e. The van der Waals surface area contributed by atoms with Crippen molar-refractivity contribution in [1.29, 1.82) is 0 Å². The molecule has 0 unspecified atom stereocenters. The van der Waals surface area contributed by atoms with E-state index < -0.39 is 16.7 Å². The molecule has 0 radical (unpaired) electrons. The number of hydrogen-bond donors (Lipinski definition) is 0. The SMILES string of the molecule is Cc1cccc(C(=O)OCc2ccc(F)cc2Br)c1[N+](=O)[O-]. The molecule has 2 aromatic carbocycles. The molecule has 0 heterocycles. The molecule has 2 rings (SSSR count). The van der Waals surface area contributed by atoms with E-state index in [-0.39, 0.29) is 17.9 Å². The lowest BCUT2D eigenvalue weighted by Gasteiger charge is -2.08. The van der Waals surface area contributed by atoms with Gasteiger partial charge in [0.05, 0.1) is 4.92 Å². The Morgan fingerprint density at radius 2 is 2.09 bits per heavy atom. The fraction of sp³-hybridized carbons (Fsp3) is 0.133. The molecule has 0 aliphatic carbocycles. The third-order valence-corrected chi connectivity index (χ3v) is 3.75. The summed E-state index contributed by atoms with van der Waals surface area (Å²) in [5.74, 6) is -1.22. The van der Waals surface area contributed by atoms with E-state index in [1.54, 1.807) is 19.1 Å². The van der Waals surface area contributed by atoms with E-state index in [1.807, 2.05) is 0 Å². The number of nitrogens with zero attached hydrogens (tertiary/aromatic N) is 1. The second kappa shape index (κ2) is 6.65. The van der Waals surface area contributed by atoms with Gasteiger partial charge in [-0.15, -0.1) is 0 Å². The second-order valence-corrected chi connectivity index (χ2v) is 5.39. The average Bonchev–Trinajstić information content (AvgIpc) is 2.45. The molecule has 0 aliphatic heterocycles. The summed E-state index contributed by atoms with van der Waals surface area (Å²) in [6, 6.07) is 8.39. The molecule has 5 nitrogen and oxygen atoms in total. The van der Waals surface area contributed by atoms with Crippen molar-refractivity contribution in [1.82, 2.24) is 0 Å². The highest BCUT2D eigenvalue weighted by atomic mass is 79.9. The Balaban J connectivity index is 2.20. The lowest BCUT2D eigenvalue weighted by atomic mass is 10.1. The standard InChI is InChI=1S/C15H11BrFNO4/c1-9-3-2-4-12(14(9)18(20)21)15(19)22-8-10-5-6-11(17)7-13(10)16/h2-7H,8H2,1H3. The molecule has 114 valence electrons. The number of nitro groups is 1. The van der Waals surface area contributed by atoms with E-state index in [4.69, 9.17) is 4.74 Å². The van der Waals surface area contributed by atoms with Crippen LogP contribution < -0.4 is 0 Å². The number of aryl methyl sites for hydroxylation is 1. The number of esters is 1. The van der Waals surface area contributed by atoms with E-state index in [9.17, 15) is 19.3 Å². The van der Waals surface area contributed by atoms with Crippen molar-refractivity contribution >= 4 is 27.6 Å². The smallest absolute Gasteiger partial charge is 0.345 e. The first kappa shape index (κ1) is 16.1. The summed E-state index contributed by atoms with van der Waals surface area (Å²) in [5.41, 5.74) is 0.557. The third kappa shape index (κ3) is 3.48. The van der Waals surface area contributed by atoms with Crippen molar-refractivity contribution in [3.8, 4) is 0 Å². The number of carbonyl (C=O) groups is 1. The maximum atomic E-state index is 13.0. The van der Waals surface area contributed by atoms with Crippen LogP contribution in [0, 0.1) is 22.9 Å². The molecule has 0 bridgehead atoms. The summed E-state index contributed by atoms with van der Waals surface area (Å²) in [4.78, 5) is 22.5. The zero-order chi connectivity index (χ0) is 16.3. The maximum absolute atomic E-state index is 13.0. The Labute approximate surface area is 134 Å². The van der Waals surface area contributed by atoms with E-state index in [0.717, 1.165) is 0 Å². The highest BCUT2D eigenvalue weighted by molar-refractivity contribution is 9.10. The molecular weight excluding hydrogens is 357 g/mol. The fourth-order valence-electron chi connectivity index (χ4n) is 1.93. The van der Waals surface area contributed by atoms with Gasteiger partial charge in [-0.3, -0.25) is 10.1 Å². The number of rotatable bonds is 4. The van der Waals surface area contributed by atoms with Gasteiger partial charge in [0, 0.05) is 15.6 Å². The van der Waals surface area contributed by atoms with Crippen molar-refractivity contribution in [3.05, 3.63) is 73.5 Å². The van der Waals surface area contributed by atoms with Crippen molar-refractivity contribution in [2.45, 2.75) is 13.5 Å². The molecular formula is C15H11BrFNO4. The number of hydrogen-bond acceptors (Lipinski definition) is 4. The molecule has 0 spiro atoms. The van der Waals surface area contributed by atoms with Crippen molar-refractivity contribution in [3.63, 3.8) is 0 Å². The molecule has 0 atom stereocenters. The van der Waals surface area contributed by atoms with Gasteiger partial charge in [0.1, 0.15) is 18.0 Å². The third-order valence-electron chi connectivity index (χ3n) is 3.01. The molecule has 0 aromatic heterocycles. The predicted molar refractivity (Wildman–Crippen MR) is 81.1 cm³/mol. The van der Waals surface area contributed by atoms with Crippen LogP contribution in [0.25, 0.3) is 0 Å². The Morgan fingerprint density at radius 3 is 2.73 bits per heavy atom. The number of para-hydroxylation sites is 1. The predicted octanol–water partition coefficient (Wildman–Crippen LogP) is 4.16. The minimum atomic E-state index is -0.799. The summed E-state index contributed by atoms with van der Waals surface area (Å²) in [7, 11) is 0. The van der Waals surface area contributed by atoms with Gasteiger partial charge in [-0.05, 0) is 25.1 Å². The molecule has 2 aromatic rings. The lowest BCUT2D eigenvalue weighted by Crippen LogP contribution is -2.09. The van der Waals surface area contributed by atoms with Gasteiger partial charge in [-0.1, -0.05) is 34.1 Å². The topological polar surface area (TPSA) is 69.4 Å². The Kier molecular flexibility index (Phi) is 4.87. The van der Waals surface area contributed by atoms with Gasteiger partial charge in [0.2, 0.25) is 0 Å². The number of halogens is 2. The second-order valence-electron chi connectivity index (χ2n) is 4.54. The largest absolute Gasteiger partial charge is 0.457 e. The summed E-state index contributed by atoms with van der Waals surface area (Å²) >= 11 is 3.16. The van der Waals surface area contributed by atoms with Crippen molar-refractivity contribution in [2.75, 3.05) is 0 Å². The molecule has 7 heteroatoms. The monoisotopic (exact) mass is 367 g/mol. The van der Waals surface area contributed by atoms with Gasteiger partial charge in [-0.2, -0.15) is 0 Å². The number of carbonyl (C=O) groups excluding carboxylic acids is 1. The van der Waals surface area contributed by atoms with Crippen molar-refractivity contribution < 1.29 is 18.8 Å². The van der Waals surface area contributed by atoms with Gasteiger partial charge < -0.3 is 4.74 Å². The maximum Gasteiger partial charge on any atom is 0.345 e. The highest BCUT2D eigenvalue weighted by Gasteiger charge is 2.23. The minimum absolute atomic E-state index is 0.108. The van der Waals surface area contributed by atoms with Crippen LogP contribution in [0.2, 0.25) is 0 Å². The lowest BCUT2D eigenvalue weighted by molar-refractivity contribution is -0.385. The highest BCUT2D eigenvalue weighted by Crippen LogP contribution is 2.25. The Bertz CT molecular complexity index is 748. The van der Waals surface area contributed by atoms with Crippen LogP contribution in [0.1, 0.15) is 21.5 Å². The van der Waals surface area contributed by atoms with Gasteiger partial charge in [0.15, 0.2) is 0 Å². The van der Waals surface area contributed by atoms with Crippen LogP contribution in [-0.4, -0.2) is 10.9 Å². The molecule has 0 saturated heterocycles.